The fraction of sp³-hybridized carbons (Fsp3) is 0.200. The Hall–Kier alpha value is -1.16. The average Bonchev–Trinajstić information content (AvgIpc) is 2.16. The lowest BCUT2D eigenvalue weighted by atomic mass is 10.1. The first-order valence-electron chi connectivity index (χ1n) is 4.38. The summed E-state index contributed by atoms with van der Waals surface area (Å²) in [4.78, 5) is 18.4. The summed E-state index contributed by atoms with van der Waals surface area (Å²) in [7, 11) is 0. The van der Waals surface area contributed by atoms with E-state index in [4.69, 9.17) is 0 Å². The number of pyridine rings is 2. The van der Waals surface area contributed by atoms with Gasteiger partial charge in [0.2, 0.25) is 0 Å². The van der Waals surface area contributed by atoms with Crippen LogP contribution < -0.4 is 5.56 Å². The van der Waals surface area contributed by atoms with E-state index >= 15 is 0 Å². The first-order chi connectivity index (χ1) is 6.70. The van der Waals surface area contributed by atoms with Crippen LogP contribution in [0.3, 0.4) is 0 Å². The van der Waals surface area contributed by atoms with Crippen LogP contribution in [-0.2, 0) is 6.42 Å². The van der Waals surface area contributed by atoms with E-state index < -0.39 is 0 Å². The molecule has 0 spiro atoms. The molecule has 3 nitrogen and oxygen atoms in total. The van der Waals surface area contributed by atoms with E-state index in [1.165, 1.54) is 0 Å². The van der Waals surface area contributed by atoms with Crippen LogP contribution in [0.1, 0.15) is 12.5 Å². The van der Waals surface area contributed by atoms with Gasteiger partial charge in [0.05, 0.1) is 5.52 Å². The molecule has 0 amide bonds. The largest absolute Gasteiger partial charge is 0.322 e. The lowest BCUT2D eigenvalue weighted by Crippen LogP contribution is -2.11. The number of hydrogen-bond acceptors (Lipinski definition) is 2. The molecule has 0 aliphatic carbocycles. The average molecular weight is 253 g/mol. The molecular weight excluding hydrogens is 244 g/mol. The third-order valence-electron chi connectivity index (χ3n) is 2.15. The summed E-state index contributed by atoms with van der Waals surface area (Å²) in [5, 5.41) is 0.963. The summed E-state index contributed by atoms with van der Waals surface area (Å²) >= 11 is 3.26. The smallest absolute Gasteiger partial charge is 0.251 e. The van der Waals surface area contributed by atoms with Crippen molar-refractivity contribution in [3.63, 3.8) is 0 Å². The fourth-order valence-electron chi connectivity index (χ4n) is 1.38. The first-order valence-corrected chi connectivity index (χ1v) is 5.17. The monoisotopic (exact) mass is 252 g/mol. The fourth-order valence-corrected chi connectivity index (χ4v) is 1.71. The van der Waals surface area contributed by atoms with Crippen LogP contribution in [0.4, 0.5) is 0 Å². The molecule has 2 rings (SSSR count). The third-order valence-corrected chi connectivity index (χ3v) is 2.59. The van der Waals surface area contributed by atoms with Gasteiger partial charge in [-0.2, -0.15) is 0 Å². The second kappa shape index (κ2) is 3.53. The summed E-state index contributed by atoms with van der Waals surface area (Å²) < 4.78 is 0.727. The number of aromatic nitrogens is 2. The van der Waals surface area contributed by atoms with Crippen molar-refractivity contribution < 1.29 is 0 Å². The van der Waals surface area contributed by atoms with Crippen LogP contribution >= 0.6 is 15.9 Å². The molecule has 0 unspecified atom stereocenters. The molecule has 2 aromatic rings. The van der Waals surface area contributed by atoms with Gasteiger partial charge in [-0.3, -0.25) is 4.79 Å². The highest BCUT2D eigenvalue weighted by atomic mass is 79.9. The second-order valence-corrected chi connectivity index (χ2v) is 3.88. The van der Waals surface area contributed by atoms with Gasteiger partial charge in [-0.1, -0.05) is 6.92 Å². The zero-order valence-electron chi connectivity index (χ0n) is 7.67. The highest BCUT2D eigenvalue weighted by molar-refractivity contribution is 9.10. The number of aromatic amines is 1. The van der Waals surface area contributed by atoms with Crippen molar-refractivity contribution in [1.82, 2.24) is 9.97 Å². The van der Waals surface area contributed by atoms with Gasteiger partial charge in [0, 0.05) is 17.1 Å². The van der Waals surface area contributed by atoms with E-state index in [1.807, 2.05) is 13.0 Å². The van der Waals surface area contributed by atoms with E-state index in [0.29, 0.717) is 0 Å². The molecular formula is C10H9BrN2O. The molecule has 72 valence electrons. The number of hydrogen-bond donors (Lipinski definition) is 1. The molecule has 0 radical (unpaired) electrons. The van der Waals surface area contributed by atoms with Crippen molar-refractivity contribution in [2.24, 2.45) is 0 Å². The molecule has 14 heavy (non-hydrogen) atoms. The molecule has 0 atom stereocenters. The normalized spacial score (nSPS) is 10.7. The van der Waals surface area contributed by atoms with Crippen molar-refractivity contribution in [2.45, 2.75) is 13.3 Å². The standard InChI is InChI=1S/C10H9BrN2O/c1-2-6-3-7-5-12-9(11)4-8(7)13-10(6)14/h3-5H,2H2,1H3,(H,13,14). The molecule has 0 aliphatic heterocycles. The summed E-state index contributed by atoms with van der Waals surface area (Å²) in [6.45, 7) is 1.96. The lowest BCUT2D eigenvalue weighted by molar-refractivity contribution is 1.08. The van der Waals surface area contributed by atoms with Crippen molar-refractivity contribution in [3.8, 4) is 0 Å². The van der Waals surface area contributed by atoms with Gasteiger partial charge in [-0.05, 0) is 34.5 Å². The van der Waals surface area contributed by atoms with Crippen LogP contribution in [0.2, 0.25) is 0 Å². The van der Waals surface area contributed by atoms with Gasteiger partial charge >= 0.3 is 0 Å². The van der Waals surface area contributed by atoms with Gasteiger partial charge in [0.1, 0.15) is 4.60 Å². The van der Waals surface area contributed by atoms with Gasteiger partial charge in [0.25, 0.3) is 5.56 Å². The number of fused-ring (bicyclic) bond motifs is 1. The van der Waals surface area contributed by atoms with Crippen LogP contribution in [0.15, 0.2) is 27.7 Å². The zero-order chi connectivity index (χ0) is 10.1. The highest BCUT2D eigenvalue weighted by Gasteiger charge is 2.01. The van der Waals surface area contributed by atoms with Gasteiger partial charge in [-0.25, -0.2) is 4.98 Å². The minimum absolute atomic E-state index is 0.0156. The molecule has 0 bridgehead atoms. The molecule has 2 heterocycles. The van der Waals surface area contributed by atoms with Gasteiger partial charge in [0.15, 0.2) is 0 Å². The second-order valence-electron chi connectivity index (χ2n) is 3.07. The van der Waals surface area contributed by atoms with E-state index in [0.717, 1.165) is 27.5 Å². The number of nitrogens with zero attached hydrogens (tertiary/aromatic N) is 1. The van der Waals surface area contributed by atoms with Crippen molar-refractivity contribution >= 4 is 26.8 Å². The van der Waals surface area contributed by atoms with E-state index in [2.05, 4.69) is 25.9 Å². The summed E-state index contributed by atoms with van der Waals surface area (Å²) in [6.07, 6.45) is 2.48. The molecule has 0 fully saturated rings. The predicted molar refractivity (Wildman–Crippen MR) is 59.4 cm³/mol. The molecule has 0 aromatic carbocycles. The number of halogens is 1. The Morgan fingerprint density at radius 2 is 2.29 bits per heavy atom. The Balaban J connectivity index is 2.79. The molecule has 1 N–H and O–H groups in total. The Labute approximate surface area is 89.3 Å². The van der Waals surface area contributed by atoms with Crippen LogP contribution in [0, 0.1) is 0 Å². The van der Waals surface area contributed by atoms with Crippen molar-refractivity contribution in [1.29, 1.82) is 0 Å². The zero-order valence-corrected chi connectivity index (χ0v) is 9.26. The summed E-state index contributed by atoms with van der Waals surface area (Å²) in [6, 6.07) is 3.68. The maximum absolute atomic E-state index is 11.5. The quantitative estimate of drug-likeness (QED) is 0.792. The van der Waals surface area contributed by atoms with Crippen molar-refractivity contribution in [3.05, 3.63) is 38.9 Å². The number of aryl methyl sites for hydroxylation is 1. The van der Waals surface area contributed by atoms with Gasteiger partial charge < -0.3 is 4.98 Å². The SMILES string of the molecule is CCc1cc2cnc(Br)cc2[nH]c1=O. The predicted octanol–water partition coefficient (Wildman–Crippen LogP) is 2.25. The Bertz CT molecular complexity index is 533. The Kier molecular flexibility index (Phi) is 2.37. The molecule has 0 aliphatic rings. The van der Waals surface area contributed by atoms with Crippen LogP contribution in [0.5, 0.6) is 0 Å². The van der Waals surface area contributed by atoms with E-state index in [-0.39, 0.29) is 5.56 Å². The minimum atomic E-state index is -0.0156. The first kappa shape index (κ1) is 9.40. The number of H-pyrrole nitrogens is 1. The topological polar surface area (TPSA) is 45.8 Å². The third kappa shape index (κ3) is 1.57. The maximum atomic E-state index is 11.5. The van der Waals surface area contributed by atoms with E-state index in [1.54, 1.807) is 12.3 Å². The molecule has 0 saturated carbocycles. The lowest BCUT2D eigenvalue weighted by Gasteiger charge is -2.00. The highest BCUT2D eigenvalue weighted by Crippen LogP contribution is 2.14. The maximum Gasteiger partial charge on any atom is 0.251 e. The Morgan fingerprint density at radius 3 is 3.00 bits per heavy atom. The molecule has 4 heteroatoms. The summed E-state index contributed by atoms with van der Waals surface area (Å²) in [5.41, 5.74) is 1.59. The van der Waals surface area contributed by atoms with Gasteiger partial charge in [-0.15, -0.1) is 0 Å². The van der Waals surface area contributed by atoms with Crippen LogP contribution in [0.25, 0.3) is 10.9 Å². The Morgan fingerprint density at radius 1 is 1.50 bits per heavy atom. The summed E-state index contributed by atoms with van der Waals surface area (Å²) in [5.74, 6) is 0. The van der Waals surface area contributed by atoms with E-state index in [9.17, 15) is 4.79 Å². The molecule has 2 aromatic heterocycles. The minimum Gasteiger partial charge on any atom is -0.322 e. The molecule has 0 saturated heterocycles. The number of rotatable bonds is 1. The van der Waals surface area contributed by atoms with Crippen LogP contribution in [-0.4, -0.2) is 9.97 Å². The number of nitrogens with one attached hydrogen (secondary N) is 1. The van der Waals surface area contributed by atoms with Crippen molar-refractivity contribution in [2.75, 3.05) is 0 Å².